The van der Waals surface area contributed by atoms with Crippen LogP contribution in [0, 0.1) is 26.2 Å². The van der Waals surface area contributed by atoms with Crippen LogP contribution >= 0.6 is 11.3 Å². The summed E-state index contributed by atoms with van der Waals surface area (Å²) in [5, 5.41) is 12.6. The fraction of sp³-hybridized carbons (Fsp3) is 0.364. The molecule has 4 nitrogen and oxygen atoms in total. The van der Waals surface area contributed by atoms with Crippen molar-refractivity contribution < 1.29 is 14.7 Å². The molecule has 27 heavy (non-hydrogen) atoms. The minimum absolute atomic E-state index is 0.191. The number of nitrogens with zero attached hydrogens (tertiary/aromatic N) is 1. The lowest BCUT2D eigenvalue weighted by molar-refractivity contribution is -0.123. The second kappa shape index (κ2) is 6.64. The van der Waals surface area contributed by atoms with E-state index in [0.717, 1.165) is 21.6 Å². The lowest BCUT2D eigenvalue weighted by atomic mass is 9.83. The third kappa shape index (κ3) is 3.21. The van der Waals surface area contributed by atoms with Gasteiger partial charge in [0.1, 0.15) is 6.04 Å². The zero-order valence-corrected chi connectivity index (χ0v) is 17.4. The van der Waals surface area contributed by atoms with Crippen molar-refractivity contribution in [2.45, 2.75) is 47.6 Å². The van der Waals surface area contributed by atoms with E-state index in [4.69, 9.17) is 0 Å². The van der Waals surface area contributed by atoms with E-state index in [-0.39, 0.29) is 11.4 Å². The van der Waals surface area contributed by atoms with Gasteiger partial charge in [-0.15, -0.1) is 11.3 Å². The molecule has 3 rings (SSSR count). The number of aliphatic hydroxyl groups is 1. The summed E-state index contributed by atoms with van der Waals surface area (Å²) < 4.78 is 0. The number of rotatable bonds is 3. The van der Waals surface area contributed by atoms with E-state index in [9.17, 15) is 14.7 Å². The van der Waals surface area contributed by atoms with Crippen LogP contribution in [0.5, 0.6) is 0 Å². The van der Waals surface area contributed by atoms with E-state index in [1.54, 1.807) is 25.7 Å². The van der Waals surface area contributed by atoms with Gasteiger partial charge < -0.3 is 5.11 Å². The fourth-order valence-electron chi connectivity index (χ4n) is 3.30. The van der Waals surface area contributed by atoms with E-state index in [0.29, 0.717) is 5.69 Å². The van der Waals surface area contributed by atoms with Crippen LogP contribution in [-0.4, -0.2) is 16.8 Å². The fourth-order valence-corrected chi connectivity index (χ4v) is 4.32. The molecule has 0 saturated carbocycles. The summed E-state index contributed by atoms with van der Waals surface area (Å²) in [5.74, 6) is -1.17. The molecule has 0 aliphatic carbocycles. The first-order chi connectivity index (χ1) is 12.5. The van der Waals surface area contributed by atoms with E-state index in [2.05, 4.69) is 0 Å². The zero-order valence-electron chi connectivity index (χ0n) is 16.6. The van der Waals surface area contributed by atoms with Gasteiger partial charge in [0, 0.05) is 16.0 Å². The Morgan fingerprint density at radius 2 is 1.74 bits per heavy atom. The molecule has 1 aromatic carbocycles. The highest BCUT2D eigenvalue weighted by Crippen LogP contribution is 2.45. The molecule has 0 fully saturated rings. The van der Waals surface area contributed by atoms with Gasteiger partial charge in [0.25, 0.3) is 5.91 Å². The van der Waals surface area contributed by atoms with Crippen LogP contribution in [0.25, 0.3) is 0 Å². The molecule has 1 aromatic heterocycles. The molecular weight excluding hydrogens is 358 g/mol. The molecule has 2 aromatic rings. The second-order valence-corrected chi connectivity index (χ2v) is 9.10. The van der Waals surface area contributed by atoms with Gasteiger partial charge in [0.2, 0.25) is 0 Å². The SMILES string of the molecule is Cc1ccc(N2C(=O)C(O)=C(C(=O)C(C)(C)C)C2c2sccc2C)cc1C. The number of thiophene rings is 1. The zero-order chi connectivity index (χ0) is 20.1. The number of Topliss-reactive ketones (excluding diaryl/α,β-unsaturated/α-hetero) is 1. The number of carbonyl (C=O) groups excluding carboxylic acids is 2. The largest absolute Gasteiger partial charge is 0.503 e. The average molecular weight is 384 g/mol. The van der Waals surface area contributed by atoms with Gasteiger partial charge in [-0.2, -0.15) is 0 Å². The highest BCUT2D eigenvalue weighted by molar-refractivity contribution is 7.10. The maximum Gasteiger partial charge on any atom is 0.294 e. The monoisotopic (exact) mass is 383 g/mol. The normalized spacial score (nSPS) is 17.8. The van der Waals surface area contributed by atoms with Gasteiger partial charge in [-0.25, -0.2) is 0 Å². The number of hydrogen-bond acceptors (Lipinski definition) is 4. The van der Waals surface area contributed by atoms with Gasteiger partial charge in [-0.1, -0.05) is 26.8 Å². The van der Waals surface area contributed by atoms with Gasteiger partial charge in [-0.3, -0.25) is 14.5 Å². The highest BCUT2D eigenvalue weighted by Gasteiger charge is 2.47. The minimum Gasteiger partial charge on any atom is -0.503 e. The molecule has 1 aliphatic heterocycles. The first-order valence-electron chi connectivity index (χ1n) is 8.96. The number of anilines is 1. The summed E-state index contributed by atoms with van der Waals surface area (Å²) in [6.07, 6.45) is 0. The van der Waals surface area contributed by atoms with E-state index >= 15 is 0 Å². The van der Waals surface area contributed by atoms with Crippen molar-refractivity contribution >= 4 is 28.7 Å². The molecule has 0 spiro atoms. The Morgan fingerprint density at radius 1 is 1.07 bits per heavy atom. The lowest BCUT2D eigenvalue weighted by Crippen LogP contribution is -2.32. The molecule has 1 N–H and O–H groups in total. The molecule has 1 unspecified atom stereocenters. The van der Waals surface area contributed by atoms with Crippen LogP contribution in [0.15, 0.2) is 41.0 Å². The summed E-state index contributed by atoms with van der Waals surface area (Å²) in [7, 11) is 0. The Bertz CT molecular complexity index is 962. The second-order valence-electron chi connectivity index (χ2n) is 8.16. The van der Waals surface area contributed by atoms with Crippen molar-refractivity contribution in [1.82, 2.24) is 0 Å². The van der Waals surface area contributed by atoms with Crippen molar-refractivity contribution in [1.29, 1.82) is 0 Å². The molecule has 5 heteroatoms. The van der Waals surface area contributed by atoms with Crippen LogP contribution in [-0.2, 0) is 9.59 Å². The van der Waals surface area contributed by atoms with Crippen molar-refractivity contribution in [3.63, 3.8) is 0 Å². The number of aryl methyl sites for hydroxylation is 3. The number of carbonyl (C=O) groups is 2. The number of benzene rings is 1. The number of hydrogen-bond donors (Lipinski definition) is 1. The first-order valence-corrected chi connectivity index (χ1v) is 9.84. The molecule has 0 bridgehead atoms. The van der Waals surface area contributed by atoms with E-state index in [1.807, 2.05) is 50.4 Å². The third-order valence-corrected chi connectivity index (χ3v) is 6.12. The van der Waals surface area contributed by atoms with E-state index < -0.39 is 23.1 Å². The predicted octanol–water partition coefficient (Wildman–Crippen LogP) is 5.19. The van der Waals surface area contributed by atoms with Gasteiger partial charge in [-0.05, 0) is 61.0 Å². The summed E-state index contributed by atoms with van der Waals surface area (Å²) in [6, 6.07) is 7.12. The first kappa shape index (κ1) is 19.4. The van der Waals surface area contributed by atoms with Crippen LogP contribution in [0.2, 0.25) is 0 Å². The predicted molar refractivity (Wildman–Crippen MR) is 109 cm³/mol. The van der Waals surface area contributed by atoms with Gasteiger partial charge in [0.05, 0.1) is 5.57 Å². The van der Waals surface area contributed by atoms with Gasteiger partial charge >= 0.3 is 0 Å². The molecule has 0 radical (unpaired) electrons. The van der Waals surface area contributed by atoms with Crippen LogP contribution in [0.4, 0.5) is 5.69 Å². The number of ketones is 1. The molecule has 0 saturated heterocycles. The van der Waals surface area contributed by atoms with Crippen LogP contribution in [0.3, 0.4) is 0 Å². The number of amides is 1. The third-order valence-electron chi connectivity index (χ3n) is 5.05. The topological polar surface area (TPSA) is 57.6 Å². The number of aliphatic hydroxyl groups excluding tert-OH is 1. The summed E-state index contributed by atoms with van der Waals surface area (Å²) >= 11 is 1.50. The van der Waals surface area contributed by atoms with Gasteiger partial charge in [0.15, 0.2) is 11.5 Å². The molecule has 2 heterocycles. The maximum atomic E-state index is 13.1. The quantitative estimate of drug-likeness (QED) is 0.794. The molecular formula is C22H25NO3S. The Kier molecular flexibility index (Phi) is 4.76. The Hall–Kier alpha value is -2.40. The molecule has 1 atom stereocenters. The molecule has 1 amide bonds. The highest BCUT2D eigenvalue weighted by atomic mass is 32.1. The lowest BCUT2D eigenvalue weighted by Gasteiger charge is -2.29. The molecule has 142 valence electrons. The summed E-state index contributed by atoms with van der Waals surface area (Å²) in [6.45, 7) is 11.4. The minimum atomic E-state index is -0.702. The van der Waals surface area contributed by atoms with Crippen molar-refractivity contribution in [3.05, 3.63) is 62.5 Å². The van der Waals surface area contributed by atoms with Crippen molar-refractivity contribution in [2.75, 3.05) is 4.90 Å². The standard InChI is InChI=1S/C22H25NO3S/c1-12-7-8-15(11-14(12)3)23-17(19-13(2)9-10-27-19)16(18(24)21(23)26)20(25)22(4,5)6/h7-11,17,24H,1-6H3. The summed E-state index contributed by atoms with van der Waals surface area (Å²) in [5.41, 5.74) is 3.35. The van der Waals surface area contributed by atoms with Crippen LogP contribution in [0.1, 0.15) is 48.4 Å². The molecule has 1 aliphatic rings. The maximum absolute atomic E-state index is 13.1. The van der Waals surface area contributed by atoms with Crippen molar-refractivity contribution in [2.24, 2.45) is 5.41 Å². The Balaban J connectivity index is 2.22. The Morgan fingerprint density at radius 3 is 2.26 bits per heavy atom. The van der Waals surface area contributed by atoms with E-state index in [1.165, 1.54) is 11.3 Å². The Labute approximate surface area is 164 Å². The average Bonchev–Trinajstić information content (AvgIpc) is 3.10. The smallest absolute Gasteiger partial charge is 0.294 e. The van der Waals surface area contributed by atoms with Crippen molar-refractivity contribution in [3.8, 4) is 0 Å². The summed E-state index contributed by atoms with van der Waals surface area (Å²) in [4.78, 5) is 28.6. The van der Waals surface area contributed by atoms with Crippen LogP contribution < -0.4 is 4.90 Å².